The molecule has 3 rings (SSSR count). The van der Waals surface area contributed by atoms with Crippen molar-refractivity contribution in [3.8, 4) is 0 Å². The molecule has 1 aromatic heterocycles. The highest BCUT2D eigenvalue weighted by molar-refractivity contribution is 5.92. The molecule has 1 saturated heterocycles. The fourth-order valence-electron chi connectivity index (χ4n) is 3.33. The summed E-state index contributed by atoms with van der Waals surface area (Å²) >= 11 is 0. The van der Waals surface area contributed by atoms with E-state index in [1.165, 1.54) is 0 Å². The number of nitrogens with zero attached hydrogens (tertiary/aromatic N) is 2. The molecule has 6 nitrogen and oxygen atoms in total. The first-order valence-electron chi connectivity index (χ1n) is 8.73. The van der Waals surface area contributed by atoms with Crippen LogP contribution in [0.1, 0.15) is 61.8 Å². The number of hydrogen-bond donors (Lipinski definition) is 2. The minimum atomic E-state index is -0.833. The number of aromatic amines is 1. The van der Waals surface area contributed by atoms with Crippen LogP contribution in [-0.2, 0) is 4.79 Å². The minimum absolute atomic E-state index is 0.00602. The van der Waals surface area contributed by atoms with Crippen LogP contribution in [0.15, 0.2) is 6.20 Å². The normalized spacial score (nSPS) is 26.5. The Bertz CT molecular complexity index is 609. The molecule has 1 atom stereocenters. The summed E-state index contributed by atoms with van der Waals surface area (Å²) in [7, 11) is 0. The number of amides is 2. The monoisotopic (exact) mass is 336 g/mol. The zero-order chi connectivity index (χ0) is 17.3. The zero-order valence-electron chi connectivity index (χ0n) is 14.2. The summed E-state index contributed by atoms with van der Waals surface area (Å²) < 4.78 is 12.8. The third-order valence-corrected chi connectivity index (χ3v) is 4.97. The van der Waals surface area contributed by atoms with Crippen LogP contribution in [-0.4, -0.2) is 52.0 Å². The van der Waals surface area contributed by atoms with E-state index in [1.807, 2.05) is 13.8 Å². The largest absolute Gasteiger partial charge is 0.354 e. The SMILES string of the molecule is CC(C)c1ncc(C(=O)N2CCC[C@@H]2CNC(=O)C2CC(F)C2)[nH]1. The van der Waals surface area contributed by atoms with E-state index >= 15 is 0 Å². The Labute approximate surface area is 141 Å². The Balaban J connectivity index is 1.56. The van der Waals surface area contributed by atoms with Gasteiger partial charge in [-0.3, -0.25) is 9.59 Å². The molecule has 2 heterocycles. The van der Waals surface area contributed by atoms with Crippen LogP contribution in [0.5, 0.6) is 0 Å². The molecule has 132 valence electrons. The quantitative estimate of drug-likeness (QED) is 0.863. The number of nitrogens with one attached hydrogen (secondary N) is 2. The molecule has 2 aliphatic rings. The number of rotatable bonds is 5. The van der Waals surface area contributed by atoms with Crippen LogP contribution < -0.4 is 5.32 Å². The highest BCUT2D eigenvalue weighted by Gasteiger charge is 2.36. The first-order valence-corrected chi connectivity index (χ1v) is 8.73. The summed E-state index contributed by atoms with van der Waals surface area (Å²) in [5, 5.41) is 2.88. The van der Waals surface area contributed by atoms with Gasteiger partial charge in [-0.15, -0.1) is 0 Å². The van der Waals surface area contributed by atoms with Crippen molar-refractivity contribution in [2.75, 3.05) is 13.1 Å². The fourth-order valence-corrected chi connectivity index (χ4v) is 3.33. The highest BCUT2D eigenvalue weighted by atomic mass is 19.1. The molecule has 24 heavy (non-hydrogen) atoms. The maximum Gasteiger partial charge on any atom is 0.272 e. The number of alkyl halides is 1. The van der Waals surface area contributed by atoms with Gasteiger partial charge in [0.15, 0.2) is 0 Å². The number of halogens is 1. The first-order chi connectivity index (χ1) is 11.5. The number of imidazole rings is 1. The zero-order valence-corrected chi connectivity index (χ0v) is 14.2. The van der Waals surface area contributed by atoms with E-state index in [9.17, 15) is 14.0 Å². The summed E-state index contributed by atoms with van der Waals surface area (Å²) in [4.78, 5) is 33.8. The molecule has 2 fully saturated rings. The van der Waals surface area contributed by atoms with Gasteiger partial charge >= 0.3 is 0 Å². The van der Waals surface area contributed by atoms with Gasteiger partial charge in [-0.25, -0.2) is 9.37 Å². The van der Waals surface area contributed by atoms with Gasteiger partial charge in [-0.05, 0) is 25.7 Å². The average molecular weight is 336 g/mol. The summed E-state index contributed by atoms with van der Waals surface area (Å²) in [6.07, 6.45) is 3.19. The Morgan fingerprint density at radius 1 is 1.46 bits per heavy atom. The lowest BCUT2D eigenvalue weighted by Gasteiger charge is -2.30. The number of hydrogen-bond acceptors (Lipinski definition) is 3. The number of aromatic nitrogens is 2. The van der Waals surface area contributed by atoms with E-state index in [4.69, 9.17) is 0 Å². The highest BCUT2D eigenvalue weighted by Crippen LogP contribution is 2.30. The van der Waals surface area contributed by atoms with Gasteiger partial charge in [0.2, 0.25) is 5.91 Å². The van der Waals surface area contributed by atoms with Crippen LogP contribution in [0.3, 0.4) is 0 Å². The van der Waals surface area contributed by atoms with E-state index in [1.54, 1.807) is 11.1 Å². The minimum Gasteiger partial charge on any atom is -0.354 e. The predicted molar refractivity (Wildman–Crippen MR) is 87.4 cm³/mol. The molecule has 1 saturated carbocycles. The molecule has 0 aromatic carbocycles. The van der Waals surface area contributed by atoms with Crippen LogP contribution in [0, 0.1) is 5.92 Å². The van der Waals surface area contributed by atoms with Crippen LogP contribution in [0.25, 0.3) is 0 Å². The second-order valence-electron chi connectivity index (χ2n) is 7.14. The molecule has 1 aliphatic carbocycles. The van der Waals surface area contributed by atoms with E-state index in [0.29, 0.717) is 31.6 Å². The number of carbonyl (C=O) groups excluding carboxylic acids is 2. The third kappa shape index (κ3) is 3.44. The fraction of sp³-hybridized carbons (Fsp3) is 0.706. The summed E-state index contributed by atoms with van der Waals surface area (Å²) in [6.45, 7) is 5.15. The molecule has 2 N–H and O–H groups in total. The van der Waals surface area contributed by atoms with Crippen molar-refractivity contribution in [2.24, 2.45) is 5.92 Å². The molecule has 1 aromatic rings. The van der Waals surface area contributed by atoms with Crippen LogP contribution in [0.4, 0.5) is 4.39 Å². The van der Waals surface area contributed by atoms with Gasteiger partial charge in [0.25, 0.3) is 5.91 Å². The molecule has 0 radical (unpaired) electrons. The Morgan fingerprint density at radius 2 is 2.21 bits per heavy atom. The number of H-pyrrole nitrogens is 1. The second-order valence-corrected chi connectivity index (χ2v) is 7.14. The molecule has 0 unspecified atom stereocenters. The Kier molecular flexibility index (Phi) is 4.87. The summed E-state index contributed by atoms with van der Waals surface area (Å²) in [5.41, 5.74) is 0.496. The maximum atomic E-state index is 12.8. The first kappa shape index (κ1) is 16.9. The summed E-state index contributed by atoms with van der Waals surface area (Å²) in [5.74, 6) is 0.674. The maximum absolute atomic E-state index is 12.8. The Hall–Kier alpha value is -1.92. The number of likely N-dealkylation sites (tertiary alicyclic amines) is 1. The average Bonchev–Trinajstić information content (AvgIpc) is 3.17. The second kappa shape index (κ2) is 6.91. The van der Waals surface area contributed by atoms with Crippen LogP contribution >= 0.6 is 0 Å². The summed E-state index contributed by atoms with van der Waals surface area (Å²) in [6, 6.07) is -0.00602. The van der Waals surface area contributed by atoms with Crippen molar-refractivity contribution >= 4 is 11.8 Å². The lowest BCUT2D eigenvalue weighted by Crippen LogP contribution is -2.46. The van der Waals surface area contributed by atoms with E-state index in [2.05, 4.69) is 15.3 Å². The van der Waals surface area contributed by atoms with E-state index in [-0.39, 0.29) is 29.7 Å². The van der Waals surface area contributed by atoms with Crippen molar-refractivity contribution in [3.05, 3.63) is 17.7 Å². The van der Waals surface area contributed by atoms with Crippen LogP contribution in [0.2, 0.25) is 0 Å². The molecule has 1 aliphatic heterocycles. The van der Waals surface area contributed by atoms with Gasteiger partial charge in [-0.1, -0.05) is 13.8 Å². The smallest absolute Gasteiger partial charge is 0.272 e. The van der Waals surface area contributed by atoms with Crippen molar-refractivity contribution < 1.29 is 14.0 Å². The standard InChI is InChI=1S/C17H25FN4O2/c1-10(2)15-19-9-14(21-15)17(24)22-5-3-4-13(22)8-20-16(23)11-6-12(18)7-11/h9-13H,3-8H2,1-2H3,(H,19,21)(H,20,23)/t11?,12?,13-/m1/s1. The molecular weight excluding hydrogens is 311 g/mol. The third-order valence-electron chi connectivity index (χ3n) is 4.97. The van der Waals surface area contributed by atoms with Crippen molar-refractivity contribution in [1.29, 1.82) is 0 Å². The van der Waals surface area contributed by atoms with Gasteiger partial charge in [0.1, 0.15) is 17.7 Å². The Morgan fingerprint density at radius 3 is 2.83 bits per heavy atom. The lowest BCUT2D eigenvalue weighted by molar-refractivity contribution is -0.129. The van der Waals surface area contributed by atoms with Gasteiger partial charge in [-0.2, -0.15) is 0 Å². The lowest BCUT2D eigenvalue weighted by atomic mass is 9.83. The molecular formula is C17H25FN4O2. The van der Waals surface area contributed by atoms with Gasteiger partial charge < -0.3 is 15.2 Å². The van der Waals surface area contributed by atoms with Gasteiger partial charge in [0.05, 0.1) is 6.20 Å². The van der Waals surface area contributed by atoms with Crippen molar-refractivity contribution in [3.63, 3.8) is 0 Å². The van der Waals surface area contributed by atoms with E-state index in [0.717, 1.165) is 18.7 Å². The molecule has 0 bridgehead atoms. The topological polar surface area (TPSA) is 78.1 Å². The number of carbonyl (C=O) groups is 2. The molecule has 2 amide bonds. The van der Waals surface area contributed by atoms with E-state index < -0.39 is 6.17 Å². The predicted octanol–water partition coefficient (Wildman–Crippen LogP) is 2.00. The molecule has 7 heteroatoms. The van der Waals surface area contributed by atoms with Crippen molar-refractivity contribution in [2.45, 2.75) is 57.7 Å². The van der Waals surface area contributed by atoms with Crippen molar-refractivity contribution in [1.82, 2.24) is 20.2 Å². The molecule has 0 spiro atoms. The van der Waals surface area contributed by atoms with Gasteiger partial charge in [0, 0.05) is 31.0 Å².